The highest BCUT2D eigenvalue weighted by molar-refractivity contribution is 5.82. The summed E-state index contributed by atoms with van der Waals surface area (Å²) in [7, 11) is 0. The molecule has 0 bridgehead atoms. The van der Waals surface area contributed by atoms with Crippen LogP contribution >= 0.6 is 0 Å². The fourth-order valence-corrected chi connectivity index (χ4v) is 1.13. The molecule has 0 atom stereocenters. The van der Waals surface area contributed by atoms with Gasteiger partial charge in [0.15, 0.2) is 6.29 Å². The van der Waals surface area contributed by atoms with Crippen molar-refractivity contribution in [1.82, 2.24) is 0 Å². The van der Waals surface area contributed by atoms with Crippen molar-refractivity contribution in [1.29, 1.82) is 0 Å². The number of carbonyl (C=O) groups is 1. The van der Waals surface area contributed by atoms with Gasteiger partial charge in [-0.3, -0.25) is 4.79 Å². The minimum Gasteiger partial charge on any atom is -0.392 e. The van der Waals surface area contributed by atoms with Gasteiger partial charge in [0.1, 0.15) is 0 Å². The Kier molecular flexibility index (Phi) is 3.41. The highest BCUT2D eigenvalue weighted by Gasteiger charge is 1.97. The second-order valence-electron chi connectivity index (χ2n) is 2.84. The summed E-state index contributed by atoms with van der Waals surface area (Å²) in [6, 6.07) is 5.58. The number of hydrogen-bond donors (Lipinski definition) is 1. The molecule has 1 rings (SSSR count). The molecule has 0 aromatic heterocycles. The molecule has 1 aromatic carbocycles. The molecule has 0 amide bonds. The van der Waals surface area contributed by atoms with E-state index in [1.807, 2.05) is 19.1 Å². The summed E-state index contributed by atoms with van der Waals surface area (Å²) in [5.74, 6) is 0. The Labute approximate surface area is 77.5 Å². The fourth-order valence-electron chi connectivity index (χ4n) is 1.13. The topological polar surface area (TPSA) is 37.3 Å². The Morgan fingerprint density at radius 3 is 2.77 bits per heavy atom. The monoisotopic (exact) mass is 176 g/mol. The largest absolute Gasteiger partial charge is 0.392 e. The Bertz CT molecular complexity index is 327. The van der Waals surface area contributed by atoms with Crippen LogP contribution in [-0.2, 0) is 0 Å². The van der Waals surface area contributed by atoms with E-state index >= 15 is 0 Å². The van der Waals surface area contributed by atoms with Crippen LogP contribution in [0.5, 0.6) is 0 Å². The maximum absolute atomic E-state index is 10.6. The fraction of sp³-hybridized carbons (Fsp3) is 0.182. The summed E-state index contributed by atoms with van der Waals surface area (Å²) in [4.78, 5) is 10.6. The van der Waals surface area contributed by atoms with E-state index in [0.29, 0.717) is 5.56 Å². The molecular weight excluding hydrogens is 164 g/mol. The van der Waals surface area contributed by atoms with Crippen LogP contribution in [0, 0.1) is 6.92 Å². The van der Waals surface area contributed by atoms with Gasteiger partial charge in [-0.2, -0.15) is 0 Å². The minimum absolute atomic E-state index is 0.00770. The average molecular weight is 176 g/mol. The maximum atomic E-state index is 10.6. The van der Waals surface area contributed by atoms with E-state index < -0.39 is 0 Å². The van der Waals surface area contributed by atoms with Crippen LogP contribution < -0.4 is 0 Å². The van der Waals surface area contributed by atoms with Crippen molar-refractivity contribution in [2.75, 3.05) is 6.61 Å². The Morgan fingerprint density at radius 2 is 2.15 bits per heavy atom. The molecule has 68 valence electrons. The van der Waals surface area contributed by atoms with Crippen molar-refractivity contribution >= 4 is 12.4 Å². The quantitative estimate of drug-likeness (QED) is 0.713. The lowest BCUT2D eigenvalue weighted by atomic mass is 10.1. The normalized spacial score (nSPS) is 10.6. The van der Waals surface area contributed by atoms with Gasteiger partial charge < -0.3 is 5.11 Å². The second kappa shape index (κ2) is 4.58. The minimum atomic E-state index is -0.00770. The number of hydrogen-bond acceptors (Lipinski definition) is 2. The lowest BCUT2D eigenvalue weighted by molar-refractivity contribution is 0.112. The lowest BCUT2D eigenvalue weighted by Gasteiger charge is -1.99. The van der Waals surface area contributed by atoms with Gasteiger partial charge in [0, 0.05) is 5.56 Å². The third-order valence-corrected chi connectivity index (χ3v) is 1.77. The van der Waals surface area contributed by atoms with E-state index in [1.54, 1.807) is 18.2 Å². The van der Waals surface area contributed by atoms with Crippen molar-refractivity contribution < 1.29 is 9.90 Å². The molecule has 0 saturated heterocycles. The van der Waals surface area contributed by atoms with Crippen molar-refractivity contribution in [3.05, 3.63) is 41.0 Å². The first kappa shape index (κ1) is 9.68. The van der Waals surface area contributed by atoms with E-state index in [2.05, 4.69) is 0 Å². The van der Waals surface area contributed by atoms with Gasteiger partial charge in [-0.15, -0.1) is 0 Å². The van der Waals surface area contributed by atoms with Crippen LogP contribution in [-0.4, -0.2) is 18.0 Å². The number of aliphatic hydroxyl groups is 1. The van der Waals surface area contributed by atoms with E-state index in [0.717, 1.165) is 17.4 Å². The number of aryl methyl sites for hydroxylation is 1. The van der Waals surface area contributed by atoms with Crippen LogP contribution in [0.15, 0.2) is 24.3 Å². The molecular formula is C11H12O2. The zero-order valence-corrected chi connectivity index (χ0v) is 7.53. The van der Waals surface area contributed by atoms with Gasteiger partial charge in [-0.05, 0) is 12.5 Å². The number of rotatable bonds is 3. The van der Waals surface area contributed by atoms with Gasteiger partial charge in [-0.1, -0.05) is 35.9 Å². The van der Waals surface area contributed by atoms with E-state index in [9.17, 15) is 4.79 Å². The summed E-state index contributed by atoms with van der Waals surface area (Å²) in [5.41, 5.74) is 2.60. The zero-order chi connectivity index (χ0) is 9.68. The molecule has 0 fully saturated rings. The summed E-state index contributed by atoms with van der Waals surface area (Å²) >= 11 is 0. The van der Waals surface area contributed by atoms with Crippen molar-refractivity contribution in [3.63, 3.8) is 0 Å². The van der Waals surface area contributed by atoms with E-state index in [1.165, 1.54) is 0 Å². The van der Waals surface area contributed by atoms with Gasteiger partial charge in [0.25, 0.3) is 0 Å². The first-order valence-electron chi connectivity index (χ1n) is 4.11. The van der Waals surface area contributed by atoms with Gasteiger partial charge in [0.2, 0.25) is 0 Å². The highest BCUT2D eigenvalue weighted by atomic mass is 16.2. The van der Waals surface area contributed by atoms with Crippen LogP contribution in [0.2, 0.25) is 0 Å². The van der Waals surface area contributed by atoms with Crippen LogP contribution in [0.3, 0.4) is 0 Å². The molecule has 0 aliphatic carbocycles. The molecule has 0 aliphatic rings. The number of carbonyl (C=O) groups excluding carboxylic acids is 1. The zero-order valence-electron chi connectivity index (χ0n) is 7.53. The van der Waals surface area contributed by atoms with Gasteiger partial charge in [-0.25, -0.2) is 0 Å². The van der Waals surface area contributed by atoms with Gasteiger partial charge >= 0.3 is 0 Å². The molecule has 2 nitrogen and oxygen atoms in total. The average Bonchev–Trinajstić information content (AvgIpc) is 2.15. The molecule has 1 N–H and O–H groups in total. The SMILES string of the molecule is Cc1ccc(C=O)c(C=CCO)c1. The van der Waals surface area contributed by atoms with E-state index in [-0.39, 0.29) is 6.61 Å². The summed E-state index contributed by atoms with van der Waals surface area (Å²) in [6.07, 6.45) is 4.18. The van der Waals surface area contributed by atoms with Crippen LogP contribution in [0.4, 0.5) is 0 Å². The third kappa shape index (κ3) is 2.53. The van der Waals surface area contributed by atoms with Crippen molar-refractivity contribution in [3.8, 4) is 0 Å². The molecule has 0 heterocycles. The predicted molar refractivity (Wildman–Crippen MR) is 52.7 cm³/mol. The van der Waals surface area contributed by atoms with Crippen LogP contribution in [0.25, 0.3) is 6.08 Å². The van der Waals surface area contributed by atoms with Gasteiger partial charge in [0.05, 0.1) is 6.61 Å². The Balaban J connectivity index is 3.08. The molecule has 13 heavy (non-hydrogen) atoms. The summed E-state index contributed by atoms with van der Waals surface area (Å²) in [5, 5.41) is 8.59. The van der Waals surface area contributed by atoms with Crippen molar-refractivity contribution in [2.24, 2.45) is 0 Å². The number of aliphatic hydroxyl groups excluding tert-OH is 1. The number of aldehydes is 1. The first-order chi connectivity index (χ1) is 6.27. The summed E-state index contributed by atoms with van der Waals surface area (Å²) < 4.78 is 0. The van der Waals surface area contributed by atoms with Crippen molar-refractivity contribution in [2.45, 2.75) is 6.92 Å². The molecule has 0 aliphatic heterocycles. The molecule has 0 radical (unpaired) electrons. The highest BCUT2D eigenvalue weighted by Crippen LogP contribution is 2.11. The Morgan fingerprint density at radius 1 is 1.38 bits per heavy atom. The first-order valence-corrected chi connectivity index (χ1v) is 4.11. The second-order valence-corrected chi connectivity index (χ2v) is 2.84. The summed E-state index contributed by atoms with van der Waals surface area (Å²) in [6.45, 7) is 1.96. The van der Waals surface area contributed by atoms with Crippen LogP contribution in [0.1, 0.15) is 21.5 Å². The maximum Gasteiger partial charge on any atom is 0.150 e. The standard InChI is InChI=1S/C11H12O2/c1-9-4-5-11(8-13)10(7-9)3-2-6-12/h2-5,7-8,12H,6H2,1H3. The predicted octanol–water partition coefficient (Wildman–Crippen LogP) is 1.81. The molecule has 0 spiro atoms. The smallest absolute Gasteiger partial charge is 0.150 e. The molecule has 0 saturated carbocycles. The van der Waals surface area contributed by atoms with E-state index in [4.69, 9.17) is 5.11 Å². The molecule has 0 unspecified atom stereocenters. The number of benzene rings is 1. The third-order valence-electron chi connectivity index (χ3n) is 1.77. The lowest BCUT2D eigenvalue weighted by Crippen LogP contribution is -1.87. The Hall–Kier alpha value is -1.41. The molecule has 2 heteroatoms. The molecule has 1 aromatic rings.